The predicted octanol–water partition coefficient (Wildman–Crippen LogP) is 5.55. The maximum atomic E-state index is 13.2. The van der Waals surface area contributed by atoms with Crippen LogP contribution in [0.1, 0.15) is 73.8 Å². The van der Waals surface area contributed by atoms with Crippen LogP contribution in [0.4, 0.5) is 4.39 Å². The van der Waals surface area contributed by atoms with Gasteiger partial charge < -0.3 is 0 Å². The van der Waals surface area contributed by atoms with E-state index in [-0.39, 0.29) is 17.8 Å². The van der Waals surface area contributed by atoms with Gasteiger partial charge in [-0.15, -0.1) is 0 Å². The standard InChI is InChI=1S/C22H29FN2O/c1-2-3-4-5-6-10-13-21(18-14-16-20(23)17-15-18)24-25-22(26)19-11-8-7-9-12-19/h7-9,11-12,14-17,21,24H,2-6,10,13H2,1H3,(H,25,26). The number of benzene rings is 2. The molecule has 0 aliphatic carbocycles. The number of carbonyl (C=O) groups is 1. The Kier molecular flexibility index (Phi) is 8.84. The van der Waals surface area contributed by atoms with Gasteiger partial charge in [0.05, 0.1) is 6.04 Å². The van der Waals surface area contributed by atoms with Gasteiger partial charge in [0.2, 0.25) is 0 Å². The van der Waals surface area contributed by atoms with Crippen molar-refractivity contribution < 1.29 is 9.18 Å². The quantitative estimate of drug-likeness (QED) is 0.409. The predicted molar refractivity (Wildman–Crippen MR) is 104 cm³/mol. The molecule has 0 saturated carbocycles. The first kappa shape index (κ1) is 20.1. The fraction of sp³-hybridized carbons (Fsp3) is 0.409. The van der Waals surface area contributed by atoms with Crippen molar-refractivity contribution in [1.82, 2.24) is 10.9 Å². The fourth-order valence-electron chi connectivity index (χ4n) is 2.96. The Hall–Kier alpha value is -2.20. The molecule has 1 atom stereocenters. The first-order valence-electron chi connectivity index (χ1n) is 9.57. The third-order valence-corrected chi connectivity index (χ3v) is 4.51. The molecule has 2 aromatic carbocycles. The summed E-state index contributed by atoms with van der Waals surface area (Å²) in [7, 11) is 0. The van der Waals surface area contributed by atoms with Crippen LogP contribution in [-0.2, 0) is 0 Å². The van der Waals surface area contributed by atoms with Crippen molar-refractivity contribution in [2.24, 2.45) is 0 Å². The highest BCUT2D eigenvalue weighted by Crippen LogP contribution is 2.20. The normalized spacial score (nSPS) is 11.9. The lowest BCUT2D eigenvalue weighted by molar-refractivity contribution is 0.0923. The van der Waals surface area contributed by atoms with Crippen molar-refractivity contribution in [2.45, 2.75) is 57.9 Å². The van der Waals surface area contributed by atoms with Gasteiger partial charge in [-0.25, -0.2) is 9.82 Å². The zero-order valence-electron chi connectivity index (χ0n) is 15.5. The number of hydrazine groups is 1. The molecule has 0 fully saturated rings. The summed E-state index contributed by atoms with van der Waals surface area (Å²) in [6.07, 6.45) is 8.17. The van der Waals surface area contributed by atoms with Gasteiger partial charge in [0.15, 0.2) is 0 Å². The van der Waals surface area contributed by atoms with E-state index >= 15 is 0 Å². The second kappa shape index (κ2) is 11.4. The van der Waals surface area contributed by atoms with E-state index < -0.39 is 0 Å². The molecular formula is C22H29FN2O. The zero-order chi connectivity index (χ0) is 18.6. The van der Waals surface area contributed by atoms with Gasteiger partial charge in [0.25, 0.3) is 5.91 Å². The highest BCUT2D eigenvalue weighted by atomic mass is 19.1. The molecule has 2 N–H and O–H groups in total. The first-order valence-corrected chi connectivity index (χ1v) is 9.57. The monoisotopic (exact) mass is 356 g/mol. The molecule has 1 unspecified atom stereocenters. The van der Waals surface area contributed by atoms with Crippen molar-refractivity contribution in [3.8, 4) is 0 Å². The third kappa shape index (κ3) is 6.96. The Morgan fingerprint density at radius 3 is 2.27 bits per heavy atom. The van der Waals surface area contributed by atoms with Crippen molar-refractivity contribution in [3.05, 3.63) is 71.5 Å². The Balaban J connectivity index is 1.90. The summed E-state index contributed by atoms with van der Waals surface area (Å²) >= 11 is 0. The molecule has 0 aliphatic heterocycles. The number of nitrogens with one attached hydrogen (secondary N) is 2. The SMILES string of the molecule is CCCCCCCCC(NNC(=O)c1ccccc1)c1ccc(F)cc1. The maximum Gasteiger partial charge on any atom is 0.265 e. The average Bonchev–Trinajstić information content (AvgIpc) is 2.68. The molecule has 4 heteroatoms. The molecule has 0 bridgehead atoms. The molecule has 26 heavy (non-hydrogen) atoms. The number of rotatable bonds is 11. The Labute approximate surface area is 156 Å². The van der Waals surface area contributed by atoms with Gasteiger partial charge >= 0.3 is 0 Å². The summed E-state index contributed by atoms with van der Waals surface area (Å²) in [5, 5.41) is 0. The number of amides is 1. The van der Waals surface area contributed by atoms with E-state index in [9.17, 15) is 9.18 Å². The number of halogens is 1. The largest absolute Gasteiger partial charge is 0.287 e. The molecule has 0 aliphatic rings. The second-order valence-corrected chi connectivity index (χ2v) is 6.63. The fourth-order valence-corrected chi connectivity index (χ4v) is 2.96. The van der Waals surface area contributed by atoms with E-state index in [0.717, 1.165) is 18.4 Å². The average molecular weight is 356 g/mol. The van der Waals surface area contributed by atoms with Crippen molar-refractivity contribution >= 4 is 5.91 Å². The highest BCUT2D eigenvalue weighted by Gasteiger charge is 2.13. The maximum absolute atomic E-state index is 13.2. The number of hydrogen-bond donors (Lipinski definition) is 2. The molecule has 3 nitrogen and oxygen atoms in total. The summed E-state index contributed by atoms with van der Waals surface area (Å²) in [6.45, 7) is 2.21. The molecule has 0 heterocycles. The molecule has 0 spiro atoms. The summed E-state index contributed by atoms with van der Waals surface area (Å²) < 4.78 is 13.2. The molecule has 1 amide bonds. The van der Waals surface area contributed by atoms with E-state index in [2.05, 4.69) is 17.8 Å². The molecule has 2 aromatic rings. The van der Waals surface area contributed by atoms with Gasteiger partial charge in [0, 0.05) is 5.56 Å². The summed E-state index contributed by atoms with van der Waals surface area (Å²) in [5.74, 6) is -0.416. The summed E-state index contributed by atoms with van der Waals surface area (Å²) in [6, 6.07) is 15.5. The molecule has 140 valence electrons. The van der Waals surface area contributed by atoms with Crippen LogP contribution in [0.5, 0.6) is 0 Å². The van der Waals surface area contributed by atoms with Crippen molar-refractivity contribution in [1.29, 1.82) is 0 Å². The van der Waals surface area contributed by atoms with Crippen LogP contribution in [0.25, 0.3) is 0 Å². The Morgan fingerprint density at radius 2 is 1.58 bits per heavy atom. The zero-order valence-corrected chi connectivity index (χ0v) is 15.5. The first-order chi connectivity index (χ1) is 12.7. The van der Waals surface area contributed by atoms with Crippen LogP contribution in [0, 0.1) is 5.82 Å². The van der Waals surface area contributed by atoms with E-state index in [1.807, 2.05) is 18.2 Å². The lowest BCUT2D eigenvalue weighted by Crippen LogP contribution is -2.40. The van der Waals surface area contributed by atoms with E-state index in [0.29, 0.717) is 5.56 Å². The van der Waals surface area contributed by atoms with Crippen LogP contribution in [0.2, 0.25) is 0 Å². The van der Waals surface area contributed by atoms with Crippen LogP contribution >= 0.6 is 0 Å². The number of unbranched alkanes of at least 4 members (excludes halogenated alkanes) is 5. The number of carbonyl (C=O) groups excluding carboxylic acids is 1. The van der Waals surface area contributed by atoms with E-state index in [1.165, 1.54) is 44.2 Å². The van der Waals surface area contributed by atoms with Gasteiger partial charge in [-0.3, -0.25) is 10.2 Å². The molecule has 0 aromatic heterocycles. The van der Waals surface area contributed by atoms with Gasteiger partial charge in [0.1, 0.15) is 5.82 Å². The smallest absolute Gasteiger partial charge is 0.265 e. The highest BCUT2D eigenvalue weighted by molar-refractivity contribution is 5.93. The lowest BCUT2D eigenvalue weighted by atomic mass is 10.00. The van der Waals surface area contributed by atoms with Crippen LogP contribution in [-0.4, -0.2) is 5.91 Å². The van der Waals surface area contributed by atoms with Crippen molar-refractivity contribution in [3.63, 3.8) is 0 Å². The third-order valence-electron chi connectivity index (χ3n) is 4.51. The second-order valence-electron chi connectivity index (χ2n) is 6.63. The minimum atomic E-state index is -0.250. The molecule has 0 saturated heterocycles. The minimum absolute atomic E-state index is 0.0329. The number of hydrogen-bond acceptors (Lipinski definition) is 2. The van der Waals surface area contributed by atoms with Gasteiger partial charge in [-0.1, -0.05) is 75.8 Å². The minimum Gasteiger partial charge on any atom is -0.287 e. The summed E-state index contributed by atoms with van der Waals surface area (Å²) in [5.41, 5.74) is 7.51. The van der Waals surface area contributed by atoms with Gasteiger partial charge in [-0.05, 0) is 36.2 Å². The van der Waals surface area contributed by atoms with Gasteiger partial charge in [-0.2, -0.15) is 0 Å². The molecule has 0 radical (unpaired) electrons. The van der Waals surface area contributed by atoms with Crippen LogP contribution in [0.15, 0.2) is 54.6 Å². The molecule has 2 rings (SSSR count). The Bertz CT molecular complexity index is 643. The lowest BCUT2D eigenvalue weighted by Gasteiger charge is -2.20. The van der Waals surface area contributed by atoms with E-state index in [1.54, 1.807) is 24.3 Å². The van der Waals surface area contributed by atoms with Crippen molar-refractivity contribution in [2.75, 3.05) is 0 Å². The van der Waals surface area contributed by atoms with Crippen LogP contribution < -0.4 is 10.9 Å². The molecular weight excluding hydrogens is 327 g/mol. The van der Waals surface area contributed by atoms with E-state index in [4.69, 9.17) is 0 Å². The topological polar surface area (TPSA) is 41.1 Å². The summed E-state index contributed by atoms with van der Waals surface area (Å²) in [4.78, 5) is 12.2. The van der Waals surface area contributed by atoms with Crippen LogP contribution in [0.3, 0.4) is 0 Å². The Morgan fingerprint density at radius 1 is 0.923 bits per heavy atom.